The van der Waals surface area contributed by atoms with E-state index in [-0.39, 0.29) is 71.1 Å². The standard InChI is InChI=1S/2C23H27N5O2.2C22H26N4O3S.C21H23ClN4O3S/c2*1-15-14-30-12-11-28(15)21-13-20(18-6-4-10-27(2)23(18)29)25-22(26-21)17-8-9-24-19-7-3-5-16(17)19;2*1-15-14-29-11-10-26(15)21-13-19(20-7-2-3-12-30(20,27)28)24-22(25-21)17-8-9-23-18-6-4-5-16(17)18;1-13-12-29-8-7-26(13)20-11-17(18-6-3-9-30(18,27)28)24-21(25-20)15-10-19(22)23-16-5-2-4-14(15)16/h2*3,5,8-9,13,15,18H,4,6-7,10-12,14H2,1-2H3;2*4-5,8-9,13,15,20H,2-3,6-7,10-12,14H2,1H3;2,4,10-11,13,18H,3,5-9,12H2,1H3/t15-,18+;15-,18-;15-,20+;15-,20-;13-,18-/m11111/s1. The molecule has 0 bridgehead atoms. The summed E-state index contributed by atoms with van der Waals surface area (Å²) in [5.41, 5.74) is 18.2. The van der Waals surface area contributed by atoms with E-state index in [2.05, 4.69) is 133 Å². The van der Waals surface area contributed by atoms with Crippen LogP contribution in [-0.2, 0) is 94.9 Å². The van der Waals surface area contributed by atoms with E-state index in [1.165, 1.54) is 0 Å². The van der Waals surface area contributed by atoms with Crippen LogP contribution in [0.1, 0.15) is 224 Å². The third-order valence-electron chi connectivity index (χ3n) is 31.1. The lowest BCUT2D eigenvalue weighted by atomic mass is 9.93. The zero-order chi connectivity index (χ0) is 104. The van der Waals surface area contributed by atoms with Crippen LogP contribution in [-0.4, -0.2) is 295 Å². The molecule has 35 nitrogen and oxygen atoms in total. The van der Waals surface area contributed by atoms with Gasteiger partial charge in [-0.05, 0) is 129 Å². The molecule has 15 aliphatic rings. The molecule has 20 heterocycles. The Morgan fingerprint density at radius 3 is 0.853 bits per heavy atom. The fourth-order valence-electron chi connectivity index (χ4n) is 22.9. The van der Waals surface area contributed by atoms with Crippen molar-refractivity contribution in [1.82, 2.24) is 84.6 Å². The topological polar surface area (TPSA) is 399 Å². The second-order valence-electron chi connectivity index (χ2n) is 41.3. The van der Waals surface area contributed by atoms with Crippen molar-refractivity contribution >= 4 is 112 Å². The average Bonchev–Trinajstić information content (AvgIpc) is 1.44. The molecule has 10 aliphatic heterocycles. The number of amides is 2. The van der Waals surface area contributed by atoms with Crippen molar-refractivity contribution in [2.75, 3.05) is 168 Å². The summed E-state index contributed by atoms with van der Waals surface area (Å²) in [6.07, 6.45) is 41.4. The zero-order valence-electron chi connectivity index (χ0n) is 86.0. The molecule has 0 N–H and O–H groups in total. The lowest BCUT2D eigenvalue weighted by Crippen LogP contribution is -2.44. The smallest absolute Gasteiger partial charge is 0.231 e. The van der Waals surface area contributed by atoms with Crippen molar-refractivity contribution in [2.24, 2.45) is 0 Å². The Bertz CT molecular complexity index is 6990. The Labute approximate surface area is 881 Å². The summed E-state index contributed by atoms with van der Waals surface area (Å²) in [7, 11) is -5.87. The van der Waals surface area contributed by atoms with Gasteiger partial charge in [-0.2, -0.15) is 0 Å². The number of ether oxygens (including phenoxy) is 5. The molecular weight excluding hydrogens is 1980 g/mol. The van der Waals surface area contributed by atoms with Crippen LogP contribution in [0.5, 0.6) is 0 Å². The maximum Gasteiger partial charge on any atom is 0.231 e. The van der Waals surface area contributed by atoms with Gasteiger partial charge in [-0.15, -0.1) is 0 Å². The molecular formula is C111H129ClN22O13S3. The lowest BCUT2D eigenvalue weighted by molar-refractivity contribution is -0.134. The highest BCUT2D eigenvalue weighted by Crippen LogP contribution is 2.45. The molecule has 150 heavy (non-hydrogen) atoms. The number of nitrogens with zero attached hydrogens (tertiary/aromatic N) is 22. The molecule has 0 unspecified atom stereocenters. The van der Waals surface area contributed by atoms with Gasteiger partial charge in [0.15, 0.2) is 58.6 Å². The molecule has 786 valence electrons. The second kappa shape index (κ2) is 44.9. The summed E-state index contributed by atoms with van der Waals surface area (Å²) in [6, 6.07) is 20.2. The molecule has 2 amide bonds. The highest BCUT2D eigenvalue weighted by atomic mass is 35.5. The van der Waals surface area contributed by atoms with Crippen LogP contribution in [0.3, 0.4) is 0 Å². The summed E-state index contributed by atoms with van der Waals surface area (Å²) in [6.45, 7) is 22.4. The number of allylic oxidation sites excluding steroid dienone is 5. The van der Waals surface area contributed by atoms with Gasteiger partial charge in [0.2, 0.25) is 11.8 Å². The Kier molecular flexibility index (Phi) is 31.0. The normalized spacial score (nSPS) is 24.6. The molecule has 0 spiro atoms. The Morgan fingerprint density at radius 2 is 0.567 bits per heavy atom. The number of anilines is 5. The van der Waals surface area contributed by atoms with Crippen LogP contribution in [0.15, 0.2) is 116 Å². The summed E-state index contributed by atoms with van der Waals surface area (Å²) in [5, 5.41) is -1.33. The number of carbonyl (C=O) groups is 2. The van der Waals surface area contributed by atoms with Gasteiger partial charge in [-0.3, -0.25) is 29.5 Å². The molecule has 0 aromatic carbocycles. The number of aromatic nitrogens is 15. The van der Waals surface area contributed by atoms with Gasteiger partial charge in [0.05, 0.1) is 182 Å². The van der Waals surface area contributed by atoms with Crippen LogP contribution in [0.2, 0.25) is 5.15 Å². The van der Waals surface area contributed by atoms with Gasteiger partial charge in [0, 0.05) is 203 Å². The minimum Gasteiger partial charge on any atom is -0.377 e. The summed E-state index contributed by atoms with van der Waals surface area (Å²) >= 11 is 6.28. The first-order valence-electron chi connectivity index (χ1n) is 53.0. The molecule has 10 atom stereocenters. The number of likely N-dealkylation sites (tertiary alicyclic amines) is 2. The summed E-state index contributed by atoms with van der Waals surface area (Å²) < 4.78 is 105. The number of piperidine rings is 2. The molecule has 5 aliphatic carbocycles. The zero-order valence-corrected chi connectivity index (χ0v) is 89.2. The molecule has 10 aromatic heterocycles. The largest absolute Gasteiger partial charge is 0.377 e. The van der Waals surface area contributed by atoms with E-state index in [9.17, 15) is 34.8 Å². The van der Waals surface area contributed by atoms with E-state index in [1.54, 1.807) is 18.5 Å². The molecule has 25 rings (SSSR count). The number of rotatable bonds is 15. The van der Waals surface area contributed by atoms with E-state index < -0.39 is 45.3 Å². The third kappa shape index (κ3) is 22.1. The number of halogens is 1. The van der Waals surface area contributed by atoms with Gasteiger partial charge in [-0.1, -0.05) is 85.2 Å². The minimum absolute atomic E-state index is 0.140. The first kappa shape index (κ1) is 103. The van der Waals surface area contributed by atoms with Crippen molar-refractivity contribution in [1.29, 1.82) is 0 Å². The van der Waals surface area contributed by atoms with E-state index >= 15 is 0 Å². The fraction of sp³-hybridized carbons (Fsp3) is 0.486. The predicted octanol–water partition coefficient (Wildman–Crippen LogP) is 14.5. The van der Waals surface area contributed by atoms with Crippen LogP contribution in [0.4, 0.5) is 29.1 Å². The predicted molar refractivity (Wildman–Crippen MR) is 579 cm³/mol. The highest BCUT2D eigenvalue weighted by molar-refractivity contribution is 7.92. The molecule has 0 saturated carbocycles. The Balaban J connectivity index is 0.000000109. The van der Waals surface area contributed by atoms with Crippen molar-refractivity contribution in [3.63, 3.8) is 0 Å². The van der Waals surface area contributed by atoms with Gasteiger partial charge in [0.25, 0.3) is 0 Å². The lowest BCUT2D eigenvalue weighted by Gasteiger charge is -2.35. The fourth-order valence-corrected chi connectivity index (χ4v) is 28.8. The van der Waals surface area contributed by atoms with Crippen molar-refractivity contribution < 1.29 is 58.5 Å². The maximum absolute atomic E-state index is 12.9. The second-order valence-corrected chi connectivity index (χ2v) is 48.6. The number of pyridine rings is 5. The van der Waals surface area contributed by atoms with E-state index in [4.69, 9.17) is 85.1 Å². The molecule has 10 saturated heterocycles. The minimum atomic E-state index is -3.21. The number of fused-ring (bicyclic) bond motifs is 5. The molecule has 0 radical (unpaired) electrons. The number of carbonyl (C=O) groups excluding carboxylic acids is 2. The first-order chi connectivity index (χ1) is 72.7. The van der Waals surface area contributed by atoms with Gasteiger partial charge in [0.1, 0.15) is 50.0 Å². The van der Waals surface area contributed by atoms with Gasteiger partial charge >= 0.3 is 0 Å². The van der Waals surface area contributed by atoms with Crippen LogP contribution >= 0.6 is 11.6 Å². The van der Waals surface area contributed by atoms with E-state index in [0.29, 0.717) is 156 Å². The van der Waals surface area contributed by atoms with Crippen LogP contribution < -0.4 is 24.5 Å². The van der Waals surface area contributed by atoms with E-state index in [0.717, 1.165) is 241 Å². The van der Waals surface area contributed by atoms with Crippen LogP contribution in [0.25, 0.3) is 87.3 Å². The molecule has 10 aromatic rings. The van der Waals surface area contributed by atoms with Gasteiger partial charge < -0.3 is 58.0 Å². The Morgan fingerprint density at radius 1 is 0.300 bits per heavy atom. The molecule has 39 heteroatoms. The van der Waals surface area contributed by atoms with Gasteiger partial charge in [-0.25, -0.2) is 80.1 Å². The first-order valence-corrected chi connectivity index (χ1v) is 58.5. The monoisotopic (exact) mass is 2110 g/mol. The van der Waals surface area contributed by atoms with E-state index in [1.807, 2.05) is 103 Å². The summed E-state index contributed by atoms with van der Waals surface area (Å²) in [5.74, 6) is 7.56. The Hall–Kier alpha value is -12.3. The number of hydrogen-bond acceptors (Lipinski definition) is 33. The number of likely N-dealkylation sites (N-methyl/N-ethyl adjacent to an activating group) is 2. The number of sulfone groups is 3. The average molecular weight is 2110 g/mol. The number of hydrogen-bond donors (Lipinski definition) is 0. The molecule has 10 fully saturated rings. The SMILES string of the molecule is C[C@@H]1COCCN1c1cc([C@@H]2CCCCS2(=O)=O)nc(-c2ccnc3c2C=CC3)n1.C[C@@H]1COCCN1c1cc([C@@H]2CCCN(C)C2=O)nc(-c2ccnc3c2C=CC3)n1.C[C@@H]1COCCN1c1cc([C@H]2CCCCS2(=O)=O)nc(-c2ccnc3c2C=CC3)n1.C[C@@H]1COCCN1c1cc([C@H]2CCCN(C)C2=O)nc(-c2ccnc3c2C=CC3)n1.C[C@@H]1COCCN1c1cc([C@H]2CCCS2(=O)=O)nc(-c2cc(Cl)nc3c2C=CC3)n1. The highest BCUT2D eigenvalue weighted by Gasteiger charge is 2.42. The van der Waals surface area contributed by atoms with Crippen molar-refractivity contribution in [3.8, 4) is 56.9 Å². The van der Waals surface area contributed by atoms with Crippen molar-refractivity contribution in [2.45, 2.75) is 202 Å². The number of morpholine rings is 5. The summed E-state index contributed by atoms with van der Waals surface area (Å²) in [4.78, 5) is 112. The van der Waals surface area contributed by atoms with Crippen molar-refractivity contribution in [3.05, 3.63) is 206 Å². The van der Waals surface area contributed by atoms with Crippen LogP contribution in [0, 0.1) is 0 Å². The quantitative estimate of drug-likeness (QED) is 0.0860. The maximum atomic E-state index is 12.9. The third-order valence-corrected chi connectivity index (χ3v) is 37.9.